The van der Waals surface area contributed by atoms with Crippen LogP contribution in [0.15, 0.2) is 18.2 Å². The van der Waals surface area contributed by atoms with Crippen molar-refractivity contribution in [3.8, 4) is 0 Å². The molecule has 1 aromatic rings. The van der Waals surface area contributed by atoms with E-state index < -0.39 is 5.60 Å². The molecule has 0 radical (unpaired) electrons. The highest BCUT2D eigenvalue weighted by molar-refractivity contribution is 5.78. The van der Waals surface area contributed by atoms with Crippen molar-refractivity contribution >= 4 is 18.1 Å². The Hall–Kier alpha value is -2.08. The molecule has 1 amide bonds. The van der Waals surface area contributed by atoms with Gasteiger partial charge in [0.15, 0.2) is 0 Å². The number of hydrogen-bond donors (Lipinski definition) is 1. The van der Waals surface area contributed by atoms with Gasteiger partial charge in [-0.15, -0.1) is 0 Å². The zero-order chi connectivity index (χ0) is 17.0. The summed E-state index contributed by atoms with van der Waals surface area (Å²) in [6, 6.07) is 5.41. The van der Waals surface area contributed by atoms with E-state index >= 15 is 0 Å². The molecule has 0 bridgehead atoms. The first-order chi connectivity index (χ1) is 10.8. The summed E-state index contributed by atoms with van der Waals surface area (Å²) in [5.41, 5.74) is 1.58. The lowest BCUT2D eigenvalue weighted by molar-refractivity contribution is 0.0240. The molecule has 0 spiro atoms. The summed E-state index contributed by atoms with van der Waals surface area (Å²) in [4.78, 5) is 26.8. The number of aliphatic hydroxyl groups is 1. The molecule has 6 nitrogen and oxygen atoms in total. The summed E-state index contributed by atoms with van der Waals surface area (Å²) < 4.78 is 5.38. The van der Waals surface area contributed by atoms with Crippen LogP contribution in [0.4, 0.5) is 10.5 Å². The van der Waals surface area contributed by atoms with Gasteiger partial charge in [-0.1, -0.05) is 0 Å². The second-order valence-electron chi connectivity index (χ2n) is 6.61. The first kappa shape index (κ1) is 17.3. The number of aldehydes is 1. The highest BCUT2D eigenvalue weighted by atomic mass is 16.6. The van der Waals surface area contributed by atoms with Gasteiger partial charge < -0.3 is 19.6 Å². The molecule has 126 valence electrons. The Bertz CT molecular complexity index is 572. The van der Waals surface area contributed by atoms with Crippen molar-refractivity contribution in [2.45, 2.75) is 33.0 Å². The van der Waals surface area contributed by atoms with Crippen LogP contribution in [0.5, 0.6) is 0 Å². The number of piperazine rings is 1. The van der Waals surface area contributed by atoms with Gasteiger partial charge in [0.1, 0.15) is 11.9 Å². The SMILES string of the molecule is CC(C)(C)OC(=O)N1CCN(c2ccc(C=O)c(CO)c2)CC1. The molecular formula is C17H24N2O4. The van der Waals surface area contributed by atoms with E-state index in [4.69, 9.17) is 4.74 Å². The maximum absolute atomic E-state index is 12.1. The van der Waals surface area contributed by atoms with Crippen LogP contribution in [0.1, 0.15) is 36.7 Å². The number of carbonyl (C=O) groups excluding carboxylic acids is 2. The highest BCUT2D eigenvalue weighted by Gasteiger charge is 2.26. The molecule has 1 heterocycles. The standard InChI is InChI=1S/C17H24N2O4/c1-17(2,3)23-16(22)19-8-6-18(7-9-19)15-5-4-13(11-20)14(10-15)12-21/h4-5,10-11,21H,6-9,12H2,1-3H3. The van der Waals surface area contributed by atoms with Crippen LogP contribution in [0.3, 0.4) is 0 Å². The summed E-state index contributed by atoms with van der Waals surface area (Å²) in [5, 5.41) is 9.35. The lowest BCUT2D eigenvalue weighted by atomic mass is 10.1. The Balaban J connectivity index is 1.99. The number of ether oxygens (including phenoxy) is 1. The summed E-state index contributed by atoms with van der Waals surface area (Å²) in [7, 11) is 0. The van der Waals surface area contributed by atoms with Gasteiger partial charge in [-0.05, 0) is 44.5 Å². The van der Waals surface area contributed by atoms with Gasteiger partial charge in [0.05, 0.1) is 6.61 Å². The normalized spacial score (nSPS) is 15.5. The maximum atomic E-state index is 12.1. The number of rotatable bonds is 3. The van der Waals surface area contributed by atoms with E-state index in [1.165, 1.54) is 0 Å². The fourth-order valence-corrected chi connectivity index (χ4v) is 2.51. The number of carbonyl (C=O) groups is 2. The van der Waals surface area contributed by atoms with Gasteiger partial charge in [0.25, 0.3) is 0 Å². The Morgan fingerprint density at radius 1 is 1.26 bits per heavy atom. The molecule has 1 aliphatic rings. The predicted molar refractivity (Wildman–Crippen MR) is 87.8 cm³/mol. The van der Waals surface area contributed by atoms with Crippen LogP contribution < -0.4 is 4.90 Å². The van der Waals surface area contributed by atoms with Crippen LogP contribution in [-0.2, 0) is 11.3 Å². The van der Waals surface area contributed by atoms with Gasteiger partial charge in [-0.2, -0.15) is 0 Å². The number of benzene rings is 1. The fourth-order valence-electron chi connectivity index (χ4n) is 2.51. The lowest BCUT2D eigenvalue weighted by Crippen LogP contribution is -2.50. The highest BCUT2D eigenvalue weighted by Crippen LogP contribution is 2.21. The van der Waals surface area contributed by atoms with Crippen molar-refractivity contribution in [2.75, 3.05) is 31.1 Å². The zero-order valence-electron chi connectivity index (χ0n) is 13.9. The fraction of sp³-hybridized carbons (Fsp3) is 0.529. The molecule has 1 fully saturated rings. The third kappa shape index (κ3) is 4.45. The van der Waals surface area contributed by atoms with Crippen LogP contribution in [0, 0.1) is 0 Å². The number of nitrogens with zero attached hydrogens (tertiary/aromatic N) is 2. The molecule has 1 N–H and O–H groups in total. The average Bonchev–Trinajstić information content (AvgIpc) is 2.52. The van der Waals surface area contributed by atoms with E-state index in [1.54, 1.807) is 11.0 Å². The summed E-state index contributed by atoms with van der Waals surface area (Å²) in [6.45, 7) is 7.93. The molecular weight excluding hydrogens is 296 g/mol. The first-order valence-electron chi connectivity index (χ1n) is 7.76. The minimum Gasteiger partial charge on any atom is -0.444 e. The molecule has 0 aromatic heterocycles. The third-order valence-corrected chi connectivity index (χ3v) is 3.72. The largest absolute Gasteiger partial charge is 0.444 e. The second kappa shape index (κ2) is 7.00. The van der Waals surface area contributed by atoms with Crippen LogP contribution in [0.2, 0.25) is 0 Å². The van der Waals surface area contributed by atoms with Crippen molar-refractivity contribution in [3.05, 3.63) is 29.3 Å². The van der Waals surface area contributed by atoms with Gasteiger partial charge in [-0.3, -0.25) is 4.79 Å². The van der Waals surface area contributed by atoms with E-state index in [-0.39, 0.29) is 12.7 Å². The van der Waals surface area contributed by atoms with E-state index in [0.717, 1.165) is 12.0 Å². The van der Waals surface area contributed by atoms with Crippen molar-refractivity contribution < 1.29 is 19.4 Å². The monoisotopic (exact) mass is 320 g/mol. The first-order valence-corrected chi connectivity index (χ1v) is 7.76. The van der Waals surface area contributed by atoms with Crippen molar-refractivity contribution in [1.29, 1.82) is 0 Å². The Morgan fingerprint density at radius 2 is 1.91 bits per heavy atom. The molecule has 1 aromatic carbocycles. The summed E-state index contributed by atoms with van der Waals surface area (Å²) in [6.07, 6.45) is 0.458. The average molecular weight is 320 g/mol. The van der Waals surface area contributed by atoms with E-state index in [9.17, 15) is 14.7 Å². The number of anilines is 1. The van der Waals surface area contributed by atoms with E-state index in [0.29, 0.717) is 37.3 Å². The predicted octanol–water partition coefficient (Wildman–Crippen LogP) is 2.05. The van der Waals surface area contributed by atoms with Crippen molar-refractivity contribution in [3.63, 3.8) is 0 Å². The van der Waals surface area contributed by atoms with Gasteiger partial charge in [-0.25, -0.2) is 4.79 Å². The molecule has 1 saturated heterocycles. The van der Waals surface area contributed by atoms with Crippen molar-refractivity contribution in [1.82, 2.24) is 4.90 Å². The minimum atomic E-state index is -0.491. The van der Waals surface area contributed by atoms with Gasteiger partial charge >= 0.3 is 6.09 Å². The smallest absolute Gasteiger partial charge is 0.410 e. The Kier molecular flexibility index (Phi) is 5.26. The maximum Gasteiger partial charge on any atom is 0.410 e. The molecule has 0 unspecified atom stereocenters. The second-order valence-corrected chi connectivity index (χ2v) is 6.61. The van der Waals surface area contributed by atoms with Gasteiger partial charge in [0.2, 0.25) is 0 Å². The number of hydrogen-bond acceptors (Lipinski definition) is 5. The number of amides is 1. The van der Waals surface area contributed by atoms with E-state index in [1.807, 2.05) is 32.9 Å². The van der Waals surface area contributed by atoms with Crippen LogP contribution in [0.25, 0.3) is 0 Å². The summed E-state index contributed by atoms with van der Waals surface area (Å²) >= 11 is 0. The van der Waals surface area contributed by atoms with Gasteiger partial charge in [0, 0.05) is 37.4 Å². The van der Waals surface area contributed by atoms with Crippen molar-refractivity contribution in [2.24, 2.45) is 0 Å². The van der Waals surface area contributed by atoms with Crippen LogP contribution in [-0.4, -0.2) is 54.2 Å². The quantitative estimate of drug-likeness (QED) is 0.863. The molecule has 0 atom stereocenters. The minimum absolute atomic E-state index is 0.167. The summed E-state index contributed by atoms with van der Waals surface area (Å²) in [5.74, 6) is 0. The molecule has 1 aliphatic heterocycles. The molecule has 2 rings (SSSR count). The molecule has 0 saturated carbocycles. The third-order valence-electron chi connectivity index (χ3n) is 3.72. The topological polar surface area (TPSA) is 70.1 Å². The zero-order valence-corrected chi connectivity index (χ0v) is 13.9. The molecule has 0 aliphatic carbocycles. The molecule has 6 heteroatoms. The number of aliphatic hydroxyl groups excluding tert-OH is 1. The van der Waals surface area contributed by atoms with Crippen LogP contribution >= 0.6 is 0 Å². The Morgan fingerprint density at radius 3 is 2.43 bits per heavy atom. The Labute approximate surface area is 136 Å². The lowest BCUT2D eigenvalue weighted by Gasteiger charge is -2.37. The van der Waals surface area contributed by atoms with E-state index in [2.05, 4.69) is 4.90 Å². The molecule has 23 heavy (non-hydrogen) atoms.